The molecule has 3 heterocycles. The van der Waals surface area contributed by atoms with Crippen molar-refractivity contribution < 1.29 is 14.3 Å². The van der Waals surface area contributed by atoms with Crippen molar-refractivity contribution in [1.82, 2.24) is 19.9 Å². The first kappa shape index (κ1) is 21.9. The zero-order chi connectivity index (χ0) is 22.9. The summed E-state index contributed by atoms with van der Waals surface area (Å²) in [7, 11) is 1.61. The predicted octanol–water partition coefficient (Wildman–Crippen LogP) is 4.39. The number of carbonyl (C=O) groups excluding carboxylic acids is 1. The van der Waals surface area contributed by atoms with Gasteiger partial charge < -0.3 is 24.3 Å². The molecule has 1 N–H and O–H groups in total. The number of amides is 1. The van der Waals surface area contributed by atoms with Crippen LogP contribution in [0, 0.1) is 6.92 Å². The molecule has 32 heavy (non-hydrogen) atoms. The molecule has 1 saturated heterocycles. The van der Waals surface area contributed by atoms with Crippen LogP contribution in [-0.2, 0) is 4.74 Å². The number of pyridine rings is 1. The summed E-state index contributed by atoms with van der Waals surface area (Å²) < 4.78 is 11.0. The molecule has 170 valence electrons. The fraction of sp³-hybridized carbons (Fsp3) is 0.458. The number of H-pyrrole nitrogens is 1. The van der Waals surface area contributed by atoms with Gasteiger partial charge in [-0.15, -0.1) is 0 Å². The molecule has 2 aromatic heterocycles. The molecule has 0 atom stereocenters. The van der Waals surface area contributed by atoms with Crippen molar-refractivity contribution >= 4 is 22.8 Å². The van der Waals surface area contributed by atoms with E-state index in [4.69, 9.17) is 14.5 Å². The Labute approximate surface area is 188 Å². The van der Waals surface area contributed by atoms with Gasteiger partial charge in [-0.1, -0.05) is 0 Å². The van der Waals surface area contributed by atoms with Gasteiger partial charge in [-0.05, 0) is 63.9 Å². The molecule has 8 nitrogen and oxygen atoms in total. The Morgan fingerprint density at radius 3 is 2.69 bits per heavy atom. The number of ether oxygens (including phenoxy) is 2. The van der Waals surface area contributed by atoms with Gasteiger partial charge in [0.25, 0.3) is 0 Å². The number of aromatic amines is 1. The molecule has 1 aliphatic heterocycles. The maximum absolute atomic E-state index is 12.5. The number of nitrogens with zero attached hydrogens (tertiary/aromatic N) is 4. The van der Waals surface area contributed by atoms with E-state index < -0.39 is 5.60 Å². The van der Waals surface area contributed by atoms with Crippen LogP contribution < -0.4 is 9.64 Å². The standard InChI is InChI=1S/C24H31N5O3/c1-16-13-18(22(31-5)25-15-16)21-26-19-8-7-17(14-20(19)27-21)28-9-6-10-29(12-11-28)23(30)32-24(2,3)4/h7-8,13-15H,6,9-12H2,1-5H3,(H,26,27). The summed E-state index contributed by atoms with van der Waals surface area (Å²) in [6.07, 6.45) is 2.43. The van der Waals surface area contributed by atoms with Gasteiger partial charge in [-0.3, -0.25) is 0 Å². The van der Waals surface area contributed by atoms with Crippen LogP contribution in [0.3, 0.4) is 0 Å². The van der Waals surface area contributed by atoms with E-state index >= 15 is 0 Å². The van der Waals surface area contributed by atoms with Crippen molar-refractivity contribution in [1.29, 1.82) is 0 Å². The molecule has 1 amide bonds. The van der Waals surface area contributed by atoms with Crippen LogP contribution in [0.5, 0.6) is 5.88 Å². The maximum Gasteiger partial charge on any atom is 0.410 e. The first-order valence-corrected chi connectivity index (χ1v) is 11.0. The molecule has 0 bridgehead atoms. The lowest BCUT2D eigenvalue weighted by molar-refractivity contribution is 0.0263. The lowest BCUT2D eigenvalue weighted by Gasteiger charge is -2.27. The van der Waals surface area contributed by atoms with E-state index in [1.54, 1.807) is 18.2 Å². The molecule has 3 aromatic rings. The summed E-state index contributed by atoms with van der Waals surface area (Å²) in [5.74, 6) is 1.28. The van der Waals surface area contributed by atoms with E-state index in [0.29, 0.717) is 19.0 Å². The van der Waals surface area contributed by atoms with Gasteiger partial charge in [0, 0.05) is 38.1 Å². The van der Waals surface area contributed by atoms with Gasteiger partial charge in [-0.25, -0.2) is 14.8 Å². The van der Waals surface area contributed by atoms with E-state index in [9.17, 15) is 4.79 Å². The number of nitrogens with one attached hydrogen (secondary N) is 1. The Hall–Kier alpha value is -3.29. The van der Waals surface area contributed by atoms with Gasteiger partial charge in [0.1, 0.15) is 11.4 Å². The molecule has 0 radical (unpaired) electrons. The smallest absolute Gasteiger partial charge is 0.410 e. The summed E-state index contributed by atoms with van der Waals surface area (Å²) in [5, 5.41) is 0. The van der Waals surface area contributed by atoms with Crippen LogP contribution in [-0.4, -0.2) is 64.8 Å². The average molecular weight is 438 g/mol. The molecular weight excluding hydrogens is 406 g/mol. The Morgan fingerprint density at radius 1 is 1.12 bits per heavy atom. The minimum Gasteiger partial charge on any atom is -0.480 e. The van der Waals surface area contributed by atoms with Gasteiger partial charge in [0.15, 0.2) is 0 Å². The number of aromatic nitrogens is 3. The van der Waals surface area contributed by atoms with Crippen molar-refractivity contribution in [2.75, 3.05) is 38.2 Å². The molecule has 0 unspecified atom stereocenters. The summed E-state index contributed by atoms with van der Waals surface area (Å²) in [4.78, 5) is 29.1. The number of aryl methyl sites for hydroxylation is 1. The second-order valence-electron chi connectivity index (χ2n) is 9.16. The second-order valence-corrected chi connectivity index (χ2v) is 9.16. The van der Waals surface area contributed by atoms with E-state index in [2.05, 4.69) is 27.0 Å². The highest BCUT2D eigenvalue weighted by molar-refractivity contribution is 5.83. The van der Waals surface area contributed by atoms with Gasteiger partial charge >= 0.3 is 6.09 Å². The molecule has 1 fully saturated rings. The third-order valence-electron chi connectivity index (χ3n) is 5.41. The minimum atomic E-state index is -0.484. The van der Waals surface area contributed by atoms with Crippen LogP contribution in [0.1, 0.15) is 32.8 Å². The Kier molecular flexibility index (Phi) is 5.95. The lowest BCUT2D eigenvalue weighted by Crippen LogP contribution is -2.39. The number of imidazole rings is 1. The summed E-state index contributed by atoms with van der Waals surface area (Å²) in [6.45, 7) is 10.6. The molecule has 1 aliphatic rings. The maximum atomic E-state index is 12.5. The molecule has 1 aromatic carbocycles. The topological polar surface area (TPSA) is 83.6 Å². The van der Waals surface area contributed by atoms with E-state index in [-0.39, 0.29) is 6.09 Å². The lowest BCUT2D eigenvalue weighted by atomic mass is 10.2. The zero-order valence-electron chi connectivity index (χ0n) is 19.4. The molecular formula is C24H31N5O3. The molecule has 0 spiro atoms. The highest BCUT2D eigenvalue weighted by atomic mass is 16.6. The number of hydrogen-bond acceptors (Lipinski definition) is 6. The molecule has 4 rings (SSSR count). The number of methoxy groups -OCH3 is 1. The average Bonchev–Trinajstić information content (AvgIpc) is 3.00. The van der Waals surface area contributed by atoms with Crippen LogP contribution in [0.25, 0.3) is 22.4 Å². The number of rotatable bonds is 3. The first-order valence-electron chi connectivity index (χ1n) is 11.0. The number of fused-ring (bicyclic) bond motifs is 1. The fourth-order valence-corrected chi connectivity index (χ4v) is 3.90. The highest BCUT2D eigenvalue weighted by Crippen LogP contribution is 2.30. The van der Waals surface area contributed by atoms with Crippen LogP contribution in [0.15, 0.2) is 30.5 Å². The number of hydrogen-bond donors (Lipinski definition) is 1. The second kappa shape index (κ2) is 8.68. The SMILES string of the molecule is COc1ncc(C)cc1-c1nc2ccc(N3CCCN(C(=O)OC(C)(C)C)CC3)cc2[nH]1. The van der Waals surface area contributed by atoms with Crippen LogP contribution in [0.4, 0.5) is 10.5 Å². The fourth-order valence-electron chi connectivity index (χ4n) is 3.90. The van der Waals surface area contributed by atoms with Crippen molar-refractivity contribution in [2.45, 2.75) is 39.7 Å². The van der Waals surface area contributed by atoms with Gasteiger partial charge in [0.05, 0.1) is 23.7 Å². The predicted molar refractivity (Wildman–Crippen MR) is 125 cm³/mol. The molecule has 8 heteroatoms. The summed E-state index contributed by atoms with van der Waals surface area (Å²) in [5.41, 5.74) is 4.34. The van der Waals surface area contributed by atoms with Crippen LogP contribution in [0.2, 0.25) is 0 Å². The minimum absolute atomic E-state index is 0.242. The monoisotopic (exact) mass is 437 g/mol. The van der Waals surface area contributed by atoms with Crippen molar-refractivity contribution in [3.05, 3.63) is 36.0 Å². The Morgan fingerprint density at radius 2 is 1.94 bits per heavy atom. The van der Waals surface area contributed by atoms with Gasteiger partial charge in [0.2, 0.25) is 5.88 Å². The highest BCUT2D eigenvalue weighted by Gasteiger charge is 2.24. The summed E-state index contributed by atoms with van der Waals surface area (Å²) in [6, 6.07) is 8.24. The number of benzene rings is 1. The van der Waals surface area contributed by atoms with Crippen LogP contribution >= 0.6 is 0 Å². The zero-order valence-corrected chi connectivity index (χ0v) is 19.4. The largest absolute Gasteiger partial charge is 0.480 e. The first-order chi connectivity index (χ1) is 15.2. The third-order valence-corrected chi connectivity index (χ3v) is 5.41. The Balaban J connectivity index is 1.53. The quantitative estimate of drug-likeness (QED) is 0.654. The normalized spacial score (nSPS) is 15.0. The summed E-state index contributed by atoms with van der Waals surface area (Å²) >= 11 is 0. The third kappa shape index (κ3) is 4.79. The van der Waals surface area contributed by atoms with Crippen molar-refractivity contribution in [3.8, 4) is 17.3 Å². The van der Waals surface area contributed by atoms with E-state index in [0.717, 1.165) is 53.2 Å². The molecule has 0 saturated carbocycles. The molecule has 0 aliphatic carbocycles. The number of anilines is 1. The number of carbonyl (C=O) groups is 1. The Bertz CT molecular complexity index is 1120. The van der Waals surface area contributed by atoms with E-state index in [1.165, 1.54) is 0 Å². The van der Waals surface area contributed by atoms with E-state index in [1.807, 2.05) is 39.8 Å². The van der Waals surface area contributed by atoms with Crippen molar-refractivity contribution in [3.63, 3.8) is 0 Å². The van der Waals surface area contributed by atoms with Gasteiger partial charge in [-0.2, -0.15) is 0 Å². The van der Waals surface area contributed by atoms with Crippen molar-refractivity contribution in [2.24, 2.45) is 0 Å².